The quantitative estimate of drug-likeness (QED) is 0.880. The van der Waals surface area contributed by atoms with Crippen molar-refractivity contribution in [3.05, 3.63) is 35.7 Å². The summed E-state index contributed by atoms with van der Waals surface area (Å²) in [5, 5.41) is 13.6. The zero-order valence-corrected chi connectivity index (χ0v) is 10.8. The molecule has 0 aliphatic carbocycles. The number of aliphatic hydroxyl groups excluding tert-OH is 1. The van der Waals surface area contributed by atoms with E-state index in [1.54, 1.807) is 0 Å². The molecular formula is C14H18N2O2. The van der Waals surface area contributed by atoms with Gasteiger partial charge < -0.3 is 9.63 Å². The molecule has 0 radical (unpaired) electrons. The molecule has 1 N–H and O–H groups in total. The summed E-state index contributed by atoms with van der Waals surface area (Å²) in [5.41, 5.74) is 2.15. The van der Waals surface area contributed by atoms with Gasteiger partial charge in [0.2, 0.25) is 5.82 Å². The molecule has 18 heavy (non-hydrogen) atoms. The molecule has 0 aliphatic heterocycles. The first kappa shape index (κ1) is 12.8. The largest absolute Gasteiger partial charge is 0.385 e. The molecular weight excluding hydrogens is 228 g/mol. The Morgan fingerprint density at radius 3 is 2.56 bits per heavy atom. The lowest BCUT2D eigenvalue weighted by Gasteiger charge is -2.01. The molecule has 4 nitrogen and oxygen atoms in total. The van der Waals surface area contributed by atoms with Crippen LogP contribution in [0, 0.1) is 0 Å². The fourth-order valence-corrected chi connectivity index (χ4v) is 1.77. The van der Waals surface area contributed by atoms with Crippen molar-refractivity contribution in [2.75, 3.05) is 0 Å². The average Bonchev–Trinajstić information content (AvgIpc) is 2.89. The Morgan fingerprint density at radius 1 is 1.22 bits per heavy atom. The van der Waals surface area contributed by atoms with Gasteiger partial charge in [-0.1, -0.05) is 37.6 Å². The summed E-state index contributed by atoms with van der Waals surface area (Å²) in [4.78, 5) is 4.23. The maximum Gasteiger partial charge on any atom is 0.258 e. The number of nitrogens with zero attached hydrogens (tertiary/aromatic N) is 2. The van der Waals surface area contributed by atoms with Gasteiger partial charge in [0.05, 0.1) is 0 Å². The number of hydrogen-bond acceptors (Lipinski definition) is 4. The molecule has 1 unspecified atom stereocenters. The molecule has 0 saturated heterocycles. The summed E-state index contributed by atoms with van der Waals surface area (Å²) in [7, 11) is 0. The van der Waals surface area contributed by atoms with Gasteiger partial charge in [-0.15, -0.1) is 0 Å². The summed E-state index contributed by atoms with van der Waals surface area (Å²) >= 11 is 0. The fourth-order valence-electron chi connectivity index (χ4n) is 1.77. The molecule has 2 aromatic rings. The van der Waals surface area contributed by atoms with Crippen LogP contribution in [-0.4, -0.2) is 15.2 Å². The van der Waals surface area contributed by atoms with E-state index in [-0.39, 0.29) is 0 Å². The van der Waals surface area contributed by atoms with E-state index in [1.807, 2.05) is 31.2 Å². The average molecular weight is 246 g/mol. The summed E-state index contributed by atoms with van der Waals surface area (Å²) < 4.78 is 5.17. The van der Waals surface area contributed by atoms with Crippen LogP contribution in [0.15, 0.2) is 28.8 Å². The van der Waals surface area contributed by atoms with E-state index in [4.69, 9.17) is 4.52 Å². The number of rotatable bonds is 5. The number of aryl methyl sites for hydroxylation is 1. The van der Waals surface area contributed by atoms with Gasteiger partial charge in [0, 0.05) is 5.56 Å². The number of aromatic nitrogens is 2. The minimum Gasteiger partial charge on any atom is -0.385 e. The molecule has 96 valence electrons. The SMILES string of the molecule is CCCC(O)c1noc(-c2ccc(CC)cc2)n1. The number of aliphatic hydroxyl groups is 1. The molecule has 0 bridgehead atoms. The third-order valence-corrected chi connectivity index (χ3v) is 2.91. The van der Waals surface area contributed by atoms with E-state index < -0.39 is 6.10 Å². The molecule has 0 amide bonds. The van der Waals surface area contributed by atoms with Gasteiger partial charge in [0.15, 0.2) is 0 Å². The highest BCUT2D eigenvalue weighted by atomic mass is 16.5. The molecule has 4 heteroatoms. The summed E-state index contributed by atoms with van der Waals surface area (Å²) in [5.74, 6) is 0.828. The zero-order chi connectivity index (χ0) is 13.0. The van der Waals surface area contributed by atoms with Crippen LogP contribution in [-0.2, 0) is 6.42 Å². The van der Waals surface area contributed by atoms with Crippen molar-refractivity contribution >= 4 is 0 Å². The van der Waals surface area contributed by atoms with E-state index in [2.05, 4.69) is 17.1 Å². The minimum atomic E-state index is -0.637. The van der Waals surface area contributed by atoms with Gasteiger partial charge in [0.25, 0.3) is 5.89 Å². The second kappa shape index (κ2) is 5.78. The Labute approximate surface area is 107 Å². The van der Waals surface area contributed by atoms with Gasteiger partial charge in [-0.25, -0.2) is 0 Å². The first-order valence-electron chi connectivity index (χ1n) is 6.35. The van der Waals surface area contributed by atoms with E-state index >= 15 is 0 Å². The summed E-state index contributed by atoms with van der Waals surface area (Å²) in [6.45, 7) is 4.12. The third kappa shape index (κ3) is 2.76. The molecule has 1 heterocycles. The molecule has 1 aromatic heterocycles. The Morgan fingerprint density at radius 2 is 1.94 bits per heavy atom. The molecule has 0 saturated carbocycles. The van der Waals surface area contributed by atoms with Crippen LogP contribution in [0.5, 0.6) is 0 Å². The maximum absolute atomic E-state index is 9.78. The van der Waals surface area contributed by atoms with Crippen molar-refractivity contribution in [1.29, 1.82) is 0 Å². The lowest BCUT2D eigenvalue weighted by Crippen LogP contribution is -1.98. The van der Waals surface area contributed by atoms with Gasteiger partial charge in [-0.2, -0.15) is 4.98 Å². The van der Waals surface area contributed by atoms with Crippen molar-refractivity contribution in [2.24, 2.45) is 0 Å². The highest BCUT2D eigenvalue weighted by molar-refractivity contribution is 5.53. The predicted octanol–water partition coefficient (Wildman–Crippen LogP) is 3.13. The van der Waals surface area contributed by atoms with Crippen LogP contribution in [0.1, 0.15) is 44.2 Å². The molecule has 0 aliphatic rings. The van der Waals surface area contributed by atoms with E-state index in [1.165, 1.54) is 5.56 Å². The van der Waals surface area contributed by atoms with Crippen LogP contribution in [0.25, 0.3) is 11.5 Å². The predicted molar refractivity (Wildman–Crippen MR) is 69.0 cm³/mol. The van der Waals surface area contributed by atoms with Crippen LogP contribution < -0.4 is 0 Å². The summed E-state index contributed by atoms with van der Waals surface area (Å²) in [6, 6.07) is 8.01. The Hall–Kier alpha value is -1.68. The van der Waals surface area contributed by atoms with Gasteiger partial charge in [0.1, 0.15) is 6.10 Å². The highest BCUT2D eigenvalue weighted by Crippen LogP contribution is 2.21. The second-order valence-corrected chi connectivity index (χ2v) is 4.31. The van der Waals surface area contributed by atoms with Crippen LogP contribution in [0.2, 0.25) is 0 Å². The molecule has 1 aromatic carbocycles. The highest BCUT2D eigenvalue weighted by Gasteiger charge is 2.15. The standard InChI is InChI=1S/C14H18N2O2/c1-3-5-12(17)13-15-14(18-16-13)11-8-6-10(4-2)7-9-11/h6-9,12,17H,3-5H2,1-2H3. The van der Waals surface area contributed by atoms with Crippen molar-refractivity contribution in [2.45, 2.75) is 39.2 Å². The first-order valence-corrected chi connectivity index (χ1v) is 6.35. The van der Waals surface area contributed by atoms with E-state index in [0.29, 0.717) is 18.1 Å². The first-order chi connectivity index (χ1) is 8.74. The van der Waals surface area contributed by atoms with Crippen molar-refractivity contribution < 1.29 is 9.63 Å². The Kier molecular flexibility index (Phi) is 4.10. The monoisotopic (exact) mass is 246 g/mol. The molecule has 0 fully saturated rings. The Balaban J connectivity index is 2.18. The van der Waals surface area contributed by atoms with Crippen LogP contribution >= 0.6 is 0 Å². The maximum atomic E-state index is 9.78. The van der Waals surface area contributed by atoms with E-state index in [9.17, 15) is 5.11 Å². The number of benzene rings is 1. The zero-order valence-electron chi connectivity index (χ0n) is 10.8. The molecule has 2 rings (SSSR count). The van der Waals surface area contributed by atoms with Gasteiger partial charge in [-0.3, -0.25) is 0 Å². The van der Waals surface area contributed by atoms with Crippen LogP contribution in [0.3, 0.4) is 0 Å². The lowest BCUT2D eigenvalue weighted by molar-refractivity contribution is 0.153. The van der Waals surface area contributed by atoms with Crippen LogP contribution in [0.4, 0.5) is 0 Å². The van der Waals surface area contributed by atoms with Crippen molar-refractivity contribution in [3.63, 3.8) is 0 Å². The smallest absolute Gasteiger partial charge is 0.258 e. The Bertz CT molecular complexity index is 491. The van der Waals surface area contributed by atoms with Gasteiger partial charge in [-0.05, 0) is 30.5 Å². The van der Waals surface area contributed by atoms with Crippen molar-refractivity contribution in [3.8, 4) is 11.5 Å². The third-order valence-electron chi connectivity index (χ3n) is 2.91. The number of hydrogen-bond donors (Lipinski definition) is 1. The fraction of sp³-hybridized carbons (Fsp3) is 0.429. The lowest BCUT2D eigenvalue weighted by atomic mass is 10.1. The van der Waals surface area contributed by atoms with Crippen molar-refractivity contribution in [1.82, 2.24) is 10.1 Å². The molecule has 0 spiro atoms. The topological polar surface area (TPSA) is 59.2 Å². The summed E-state index contributed by atoms with van der Waals surface area (Å²) in [6.07, 6.45) is 1.90. The second-order valence-electron chi connectivity index (χ2n) is 4.31. The van der Waals surface area contributed by atoms with Gasteiger partial charge >= 0.3 is 0 Å². The minimum absolute atomic E-state index is 0.367. The van der Waals surface area contributed by atoms with E-state index in [0.717, 1.165) is 18.4 Å². The normalized spacial score (nSPS) is 12.6. The molecule has 1 atom stereocenters.